The molecule has 3 atom stereocenters. The number of carbonyl (C=O) groups is 1. The fraction of sp³-hybridized carbons (Fsp3) is 0.316. The van der Waals surface area contributed by atoms with Crippen LogP contribution in [0.5, 0.6) is 0 Å². The standard InChI is InChI=1S/C19H19ClNOS/c1-19(23)17(13-5-3-2-4-6-13)16(11-12-21-19)18(22)14-7-9-15(20)10-8-14/h2-10,16-17,23H,11-12H2,1H3. The number of thiol groups is 1. The van der Waals surface area contributed by atoms with Crippen molar-refractivity contribution in [1.82, 2.24) is 5.32 Å². The molecule has 0 amide bonds. The molecule has 0 aromatic heterocycles. The van der Waals surface area contributed by atoms with Crippen molar-refractivity contribution < 1.29 is 4.79 Å². The van der Waals surface area contributed by atoms with E-state index in [1.165, 1.54) is 0 Å². The molecule has 2 nitrogen and oxygen atoms in total. The van der Waals surface area contributed by atoms with Gasteiger partial charge in [0, 0.05) is 29.0 Å². The lowest BCUT2D eigenvalue weighted by Crippen LogP contribution is -2.48. The van der Waals surface area contributed by atoms with E-state index in [4.69, 9.17) is 24.2 Å². The molecule has 1 aliphatic heterocycles. The van der Waals surface area contributed by atoms with Gasteiger partial charge in [-0.3, -0.25) is 4.79 Å². The van der Waals surface area contributed by atoms with Crippen LogP contribution in [-0.2, 0) is 0 Å². The van der Waals surface area contributed by atoms with Crippen LogP contribution in [-0.4, -0.2) is 17.2 Å². The lowest BCUT2D eigenvalue weighted by molar-refractivity contribution is 0.0842. The Labute approximate surface area is 147 Å². The fourth-order valence-electron chi connectivity index (χ4n) is 3.40. The van der Waals surface area contributed by atoms with Crippen LogP contribution in [0.25, 0.3) is 0 Å². The highest BCUT2D eigenvalue weighted by Gasteiger charge is 2.44. The summed E-state index contributed by atoms with van der Waals surface area (Å²) in [5.41, 5.74) is 1.81. The van der Waals surface area contributed by atoms with Gasteiger partial charge >= 0.3 is 0 Å². The number of nitrogens with zero attached hydrogens (tertiary/aromatic N) is 1. The number of carbonyl (C=O) groups excluding carboxylic acids is 1. The van der Waals surface area contributed by atoms with Gasteiger partial charge in [0.25, 0.3) is 0 Å². The van der Waals surface area contributed by atoms with Crippen molar-refractivity contribution in [1.29, 1.82) is 0 Å². The summed E-state index contributed by atoms with van der Waals surface area (Å²) >= 11 is 10.7. The van der Waals surface area contributed by atoms with Crippen LogP contribution in [0.15, 0.2) is 54.6 Å². The number of benzene rings is 2. The van der Waals surface area contributed by atoms with Gasteiger partial charge in [-0.1, -0.05) is 41.9 Å². The lowest BCUT2D eigenvalue weighted by atomic mass is 9.73. The molecule has 1 saturated heterocycles. The maximum Gasteiger partial charge on any atom is 0.166 e. The number of hydrogen-bond acceptors (Lipinski definition) is 2. The van der Waals surface area contributed by atoms with Crippen molar-refractivity contribution in [2.45, 2.75) is 24.1 Å². The van der Waals surface area contributed by atoms with Gasteiger partial charge in [0.1, 0.15) is 0 Å². The van der Waals surface area contributed by atoms with Gasteiger partial charge in [-0.25, -0.2) is 5.32 Å². The van der Waals surface area contributed by atoms with Gasteiger partial charge in [0.2, 0.25) is 0 Å². The van der Waals surface area contributed by atoms with Crippen LogP contribution in [0, 0.1) is 5.92 Å². The van der Waals surface area contributed by atoms with E-state index in [1.807, 2.05) is 25.1 Å². The highest BCUT2D eigenvalue weighted by atomic mass is 35.5. The first-order valence-electron chi connectivity index (χ1n) is 7.75. The quantitative estimate of drug-likeness (QED) is 0.641. The van der Waals surface area contributed by atoms with Gasteiger partial charge in [-0.05, 0) is 43.2 Å². The van der Waals surface area contributed by atoms with Gasteiger partial charge in [0.15, 0.2) is 5.78 Å². The fourth-order valence-corrected chi connectivity index (χ4v) is 3.95. The molecule has 1 fully saturated rings. The zero-order valence-corrected chi connectivity index (χ0v) is 14.6. The highest BCUT2D eigenvalue weighted by molar-refractivity contribution is 7.81. The monoisotopic (exact) mass is 344 g/mol. The number of hydrogen-bond donors (Lipinski definition) is 1. The van der Waals surface area contributed by atoms with E-state index in [2.05, 4.69) is 17.4 Å². The van der Waals surface area contributed by atoms with Crippen molar-refractivity contribution in [2.24, 2.45) is 5.92 Å². The van der Waals surface area contributed by atoms with E-state index < -0.39 is 4.87 Å². The average Bonchev–Trinajstić information content (AvgIpc) is 2.54. The van der Waals surface area contributed by atoms with Crippen molar-refractivity contribution in [3.8, 4) is 0 Å². The van der Waals surface area contributed by atoms with E-state index in [9.17, 15) is 4.79 Å². The number of rotatable bonds is 3. The van der Waals surface area contributed by atoms with E-state index in [0.717, 1.165) is 12.0 Å². The maximum absolute atomic E-state index is 13.1. The van der Waals surface area contributed by atoms with Crippen LogP contribution in [0.1, 0.15) is 35.2 Å². The molecular formula is C19H19ClNOS. The molecule has 1 heterocycles. The third-order valence-electron chi connectivity index (χ3n) is 4.49. The average molecular weight is 345 g/mol. The normalized spacial score (nSPS) is 27.6. The molecule has 3 unspecified atom stereocenters. The summed E-state index contributed by atoms with van der Waals surface area (Å²) in [5.74, 6) is -0.0202. The molecule has 3 rings (SSSR count). The summed E-state index contributed by atoms with van der Waals surface area (Å²) in [6.45, 7) is 2.66. The third kappa shape index (κ3) is 3.47. The number of halogens is 1. The molecule has 1 aliphatic rings. The minimum Gasteiger partial charge on any atom is -0.294 e. The van der Waals surface area contributed by atoms with E-state index in [0.29, 0.717) is 17.1 Å². The van der Waals surface area contributed by atoms with E-state index in [1.54, 1.807) is 24.3 Å². The maximum atomic E-state index is 13.1. The third-order valence-corrected chi connectivity index (χ3v) is 5.16. The molecule has 4 heteroatoms. The molecule has 0 bridgehead atoms. The number of piperidine rings is 1. The van der Waals surface area contributed by atoms with Crippen LogP contribution in [0.2, 0.25) is 5.02 Å². The minimum atomic E-state index is -0.549. The van der Waals surface area contributed by atoms with Crippen LogP contribution >= 0.6 is 24.2 Å². The Bertz CT molecular complexity index is 684. The number of Topliss-reactive ketones (excluding diaryl/α,β-unsaturated/α-hetero) is 1. The summed E-state index contributed by atoms with van der Waals surface area (Å²) in [6.07, 6.45) is 0.747. The molecule has 119 valence electrons. The molecule has 1 radical (unpaired) electrons. The van der Waals surface area contributed by atoms with Crippen molar-refractivity contribution in [3.05, 3.63) is 70.7 Å². The minimum absolute atomic E-state index is 0.0380. The van der Waals surface area contributed by atoms with Gasteiger partial charge in [-0.2, -0.15) is 12.6 Å². The second-order valence-corrected chi connectivity index (χ2v) is 7.47. The first-order valence-corrected chi connectivity index (χ1v) is 8.57. The Morgan fingerprint density at radius 1 is 1.17 bits per heavy atom. The largest absolute Gasteiger partial charge is 0.294 e. The second kappa shape index (κ2) is 6.68. The first-order chi connectivity index (χ1) is 11.0. The van der Waals surface area contributed by atoms with Crippen LogP contribution < -0.4 is 5.32 Å². The summed E-state index contributed by atoms with van der Waals surface area (Å²) < 4.78 is 0. The lowest BCUT2D eigenvalue weighted by Gasteiger charge is -2.42. The molecular weight excluding hydrogens is 326 g/mol. The topological polar surface area (TPSA) is 31.2 Å². The summed E-state index contributed by atoms with van der Waals surface area (Å²) in [6, 6.07) is 17.2. The van der Waals surface area contributed by atoms with Gasteiger partial charge in [-0.15, -0.1) is 0 Å². The molecule has 0 saturated carbocycles. The second-order valence-electron chi connectivity index (χ2n) is 6.13. The first kappa shape index (κ1) is 16.6. The summed E-state index contributed by atoms with van der Waals surface area (Å²) in [7, 11) is 0. The van der Waals surface area contributed by atoms with Gasteiger partial charge in [0.05, 0.1) is 4.87 Å². The highest BCUT2D eigenvalue weighted by Crippen LogP contribution is 2.44. The van der Waals surface area contributed by atoms with E-state index in [-0.39, 0.29) is 17.6 Å². The SMILES string of the molecule is CC1(S)[N]CCC(C(=O)c2ccc(Cl)cc2)C1c1ccccc1. The van der Waals surface area contributed by atoms with Crippen molar-refractivity contribution in [3.63, 3.8) is 0 Å². The van der Waals surface area contributed by atoms with Crippen LogP contribution in [0.4, 0.5) is 0 Å². The Morgan fingerprint density at radius 3 is 2.48 bits per heavy atom. The molecule has 0 aliphatic carbocycles. The van der Waals surface area contributed by atoms with Crippen molar-refractivity contribution >= 4 is 30.0 Å². The van der Waals surface area contributed by atoms with E-state index >= 15 is 0 Å². The Balaban J connectivity index is 1.98. The molecule has 23 heavy (non-hydrogen) atoms. The van der Waals surface area contributed by atoms with Crippen molar-refractivity contribution in [2.75, 3.05) is 6.54 Å². The van der Waals surface area contributed by atoms with Crippen LogP contribution in [0.3, 0.4) is 0 Å². The molecule has 0 N–H and O–H groups in total. The molecule has 2 aromatic carbocycles. The number of ketones is 1. The Hall–Kier alpha value is -1.29. The zero-order chi connectivity index (χ0) is 16.4. The summed E-state index contributed by atoms with van der Waals surface area (Å²) in [4.78, 5) is 12.5. The molecule has 2 aromatic rings. The smallest absolute Gasteiger partial charge is 0.166 e. The predicted octanol–water partition coefficient (Wildman–Crippen LogP) is 4.58. The Kier molecular flexibility index (Phi) is 4.81. The predicted molar refractivity (Wildman–Crippen MR) is 97.5 cm³/mol. The zero-order valence-electron chi connectivity index (χ0n) is 12.9. The Morgan fingerprint density at radius 2 is 1.83 bits per heavy atom. The molecule has 0 spiro atoms. The summed E-state index contributed by atoms with van der Waals surface area (Å²) in [5, 5.41) is 5.29. The van der Waals surface area contributed by atoms with Gasteiger partial charge < -0.3 is 0 Å².